The molecule has 100 valence electrons. The third kappa shape index (κ3) is 6.23. The van der Waals surface area contributed by atoms with E-state index in [0.717, 1.165) is 12.8 Å². The Morgan fingerprint density at radius 1 is 1.22 bits per heavy atom. The molecule has 0 aromatic carbocycles. The lowest BCUT2D eigenvalue weighted by atomic mass is 10.1. The van der Waals surface area contributed by atoms with E-state index in [-0.39, 0.29) is 5.91 Å². The first-order chi connectivity index (χ1) is 8.72. The van der Waals surface area contributed by atoms with Crippen molar-refractivity contribution < 1.29 is 4.79 Å². The Morgan fingerprint density at radius 2 is 1.94 bits per heavy atom. The third-order valence-electron chi connectivity index (χ3n) is 2.80. The van der Waals surface area contributed by atoms with Gasteiger partial charge < -0.3 is 11.1 Å². The number of nitrogen functional groups attached to an aromatic ring is 1. The van der Waals surface area contributed by atoms with Gasteiger partial charge in [-0.2, -0.15) is 0 Å². The molecule has 1 aromatic heterocycles. The number of hydrogen-bond acceptors (Lipinski definition) is 3. The van der Waals surface area contributed by atoms with E-state index < -0.39 is 0 Å². The first-order valence-electron chi connectivity index (χ1n) is 6.74. The Kier molecular flexibility index (Phi) is 6.84. The molecule has 0 aliphatic rings. The van der Waals surface area contributed by atoms with Crippen LogP contribution in [-0.4, -0.2) is 10.9 Å². The minimum Gasteiger partial charge on any atom is -0.384 e. The summed E-state index contributed by atoms with van der Waals surface area (Å²) in [6.07, 6.45) is 7.66. The van der Waals surface area contributed by atoms with Crippen LogP contribution in [0.5, 0.6) is 0 Å². The standard InChI is InChI=1S/C14H23N3O/c1-2-3-4-5-6-7-11-14(18)17-13-10-8-9-12(15)16-13/h8-10H,2-7,11H2,1H3,(H3,15,16,17,18). The highest BCUT2D eigenvalue weighted by atomic mass is 16.1. The fourth-order valence-electron chi connectivity index (χ4n) is 1.79. The molecule has 0 saturated carbocycles. The van der Waals surface area contributed by atoms with Crippen molar-refractivity contribution in [1.82, 2.24) is 4.98 Å². The van der Waals surface area contributed by atoms with Gasteiger partial charge in [0.15, 0.2) is 0 Å². The van der Waals surface area contributed by atoms with Crippen LogP contribution in [0.4, 0.5) is 11.6 Å². The number of amides is 1. The van der Waals surface area contributed by atoms with Crippen LogP contribution in [0.3, 0.4) is 0 Å². The quantitative estimate of drug-likeness (QED) is 0.694. The molecule has 0 bridgehead atoms. The summed E-state index contributed by atoms with van der Waals surface area (Å²) in [4.78, 5) is 15.6. The largest absolute Gasteiger partial charge is 0.384 e. The van der Waals surface area contributed by atoms with Crippen molar-refractivity contribution in [1.29, 1.82) is 0 Å². The molecule has 1 heterocycles. The SMILES string of the molecule is CCCCCCCCC(=O)Nc1cccc(N)n1. The van der Waals surface area contributed by atoms with Crippen molar-refractivity contribution in [2.45, 2.75) is 51.9 Å². The van der Waals surface area contributed by atoms with Gasteiger partial charge in [0.05, 0.1) is 0 Å². The van der Waals surface area contributed by atoms with Gasteiger partial charge in [0.2, 0.25) is 5.91 Å². The van der Waals surface area contributed by atoms with Crippen LogP contribution in [0, 0.1) is 0 Å². The van der Waals surface area contributed by atoms with Gasteiger partial charge in [-0.25, -0.2) is 4.98 Å². The molecule has 1 aromatic rings. The number of nitrogens with zero attached hydrogens (tertiary/aromatic N) is 1. The summed E-state index contributed by atoms with van der Waals surface area (Å²) >= 11 is 0. The number of carbonyl (C=O) groups excluding carboxylic acids is 1. The molecular weight excluding hydrogens is 226 g/mol. The molecule has 0 fully saturated rings. The highest BCUT2D eigenvalue weighted by molar-refractivity contribution is 5.89. The Balaban J connectivity index is 2.14. The topological polar surface area (TPSA) is 68.0 Å². The fourth-order valence-corrected chi connectivity index (χ4v) is 1.79. The van der Waals surface area contributed by atoms with E-state index in [1.807, 2.05) is 0 Å². The fraction of sp³-hybridized carbons (Fsp3) is 0.571. The van der Waals surface area contributed by atoms with Gasteiger partial charge in [-0.1, -0.05) is 45.1 Å². The lowest BCUT2D eigenvalue weighted by molar-refractivity contribution is -0.116. The first-order valence-corrected chi connectivity index (χ1v) is 6.74. The zero-order valence-electron chi connectivity index (χ0n) is 11.1. The van der Waals surface area contributed by atoms with Gasteiger partial charge in [0.1, 0.15) is 11.6 Å². The van der Waals surface area contributed by atoms with E-state index in [1.165, 1.54) is 25.7 Å². The monoisotopic (exact) mass is 249 g/mol. The maximum atomic E-state index is 11.6. The first kappa shape index (κ1) is 14.5. The van der Waals surface area contributed by atoms with Crippen LogP contribution >= 0.6 is 0 Å². The van der Waals surface area contributed by atoms with Crippen LogP contribution in [-0.2, 0) is 4.79 Å². The van der Waals surface area contributed by atoms with E-state index in [0.29, 0.717) is 18.1 Å². The molecule has 0 aliphatic heterocycles. The molecule has 1 amide bonds. The summed E-state index contributed by atoms with van der Waals surface area (Å²) in [5.74, 6) is 0.974. The molecule has 4 nitrogen and oxygen atoms in total. The Hall–Kier alpha value is -1.58. The van der Waals surface area contributed by atoms with Crippen LogP contribution in [0.15, 0.2) is 18.2 Å². The minimum absolute atomic E-state index is 0.0172. The highest BCUT2D eigenvalue weighted by Crippen LogP contribution is 2.09. The van der Waals surface area contributed by atoms with E-state index in [2.05, 4.69) is 17.2 Å². The molecular formula is C14H23N3O. The number of anilines is 2. The predicted octanol–water partition coefficient (Wildman–Crippen LogP) is 3.35. The second kappa shape index (κ2) is 8.50. The van der Waals surface area contributed by atoms with E-state index >= 15 is 0 Å². The number of pyridine rings is 1. The summed E-state index contributed by atoms with van der Waals surface area (Å²) in [6, 6.07) is 5.22. The van der Waals surface area contributed by atoms with E-state index in [9.17, 15) is 4.79 Å². The summed E-state index contributed by atoms with van der Waals surface area (Å²) < 4.78 is 0. The van der Waals surface area contributed by atoms with Crippen molar-refractivity contribution >= 4 is 17.5 Å². The van der Waals surface area contributed by atoms with Gasteiger partial charge in [0.25, 0.3) is 0 Å². The number of nitrogens with two attached hydrogens (primary N) is 1. The van der Waals surface area contributed by atoms with Crippen molar-refractivity contribution in [3.8, 4) is 0 Å². The van der Waals surface area contributed by atoms with Gasteiger partial charge >= 0.3 is 0 Å². The Morgan fingerprint density at radius 3 is 2.67 bits per heavy atom. The van der Waals surface area contributed by atoms with Crippen LogP contribution in [0.2, 0.25) is 0 Å². The lowest BCUT2D eigenvalue weighted by Gasteiger charge is -2.04. The number of rotatable bonds is 8. The smallest absolute Gasteiger partial charge is 0.225 e. The van der Waals surface area contributed by atoms with Gasteiger partial charge in [-0.05, 0) is 18.6 Å². The number of nitrogens with one attached hydrogen (secondary N) is 1. The maximum absolute atomic E-state index is 11.6. The van der Waals surface area contributed by atoms with E-state index in [4.69, 9.17) is 5.73 Å². The number of unbranched alkanes of at least 4 members (excludes halogenated alkanes) is 5. The minimum atomic E-state index is 0.0172. The zero-order valence-corrected chi connectivity index (χ0v) is 11.1. The molecule has 4 heteroatoms. The van der Waals surface area contributed by atoms with Crippen LogP contribution in [0.1, 0.15) is 51.9 Å². The summed E-state index contributed by atoms with van der Waals surface area (Å²) in [6.45, 7) is 2.20. The molecule has 0 aliphatic carbocycles. The lowest BCUT2D eigenvalue weighted by Crippen LogP contribution is -2.12. The molecule has 0 spiro atoms. The van der Waals surface area contributed by atoms with Crippen LogP contribution < -0.4 is 11.1 Å². The van der Waals surface area contributed by atoms with Crippen LogP contribution in [0.25, 0.3) is 0 Å². The molecule has 0 atom stereocenters. The molecule has 0 saturated heterocycles. The van der Waals surface area contributed by atoms with Crippen molar-refractivity contribution in [3.63, 3.8) is 0 Å². The van der Waals surface area contributed by atoms with Crippen molar-refractivity contribution in [3.05, 3.63) is 18.2 Å². The Bertz CT molecular complexity index is 366. The van der Waals surface area contributed by atoms with Gasteiger partial charge in [-0.3, -0.25) is 4.79 Å². The number of aromatic nitrogens is 1. The Labute approximate surface area is 109 Å². The number of carbonyl (C=O) groups is 1. The molecule has 18 heavy (non-hydrogen) atoms. The zero-order chi connectivity index (χ0) is 13.2. The molecule has 3 N–H and O–H groups in total. The normalized spacial score (nSPS) is 10.3. The van der Waals surface area contributed by atoms with Gasteiger partial charge in [-0.15, -0.1) is 0 Å². The molecule has 0 radical (unpaired) electrons. The second-order valence-electron chi connectivity index (χ2n) is 4.51. The van der Waals surface area contributed by atoms with E-state index in [1.54, 1.807) is 18.2 Å². The summed E-state index contributed by atoms with van der Waals surface area (Å²) in [5, 5.41) is 2.75. The average Bonchev–Trinajstić information content (AvgIpc) is 2.33. The maximum Gasteiger partial charge on any atom is 0.225 e. The molecule has 1 rings (SSSR count). The third-order valence-corrected chi connectivity index (χ3v) is 2.80. The van der Waals surface area contributed by atoms with Gasteiger partial charge in [0, 0.05) is 6.42 Å². The number of hydrogen-bond donors (Lipinski definition) is 2. The van der Waals surface area contributed by atoms with Crippen molar-refractivity contribution in [2.24, 2.45) is 0 Å². The summed E-state index contributed by atoms with van der Waals surface area (Å²) in [7, 11) is 0. The second-order valence-corrected chi connectivity index (χ2v) is 4.51. The van der Waals surface area contributed by atoms with Crippen molar-refractivity contribution in [2.75, 3.05) is 11.1 Å². The molecule has 0 unspecified atom stereocenters. The average molecular weight is 249 g/mol. The predicted molar refractivity (Wildman–Crippen MR) is 75.3 cm³/mol. The highest BCUT2D eigenvalue weighted by Gasteiger charge is 2.03. The summed E-state index contributed by atoms with van der Waals surface area (Å²) in [5.41, 5.74) is 5.54.